The molecular weight excluding hydrogens is 272 g/mol. The Balaban J connectivity index is 1.81. The molecular formula is C14H20N4OS. The number of thiazole rings is 1. The number of aromatic nitrogens is 1. The minimum absolute atomic E-state index is 0.755. The van der Waals surface area contributed by atoms with Crippen molar-refractivity contribution in [2.75, 3.05) is 20.6 Å². The van der Waals surface area contributed by atoms with Crippen molar-refractivity contribution in [2.45, 2.75) is 19.9 Å². The highest BCUT2D eigenvalue weighted by molar-refractivity contribution is 7.09. The van der Waals surface area contributed by atoms with Crippen LogP contribution in [0.4, 0.5) is 0 Å². The number of rotatable bonds is 5. The van der Waals surface area contributed by atoms with Gasteiger partial charge in [0, 0.05) is 32.4 Å². The van der Waals surface area contributed by atoms with E-state index >= 15 is 0 Å². The summed E-state index contributed by atoms with van der Waals surface area (Å²) in [4.78, 5) is 10.8. The second-order valence-electron chi connectivity index (χ2n) is 4.52. The van der Waals surface area contributed by atoms with E-state index in [0.29, 0.717) is 0 Å². The number of nitrogens with one attached hydrogen (secondary N) is 1. The molecule has 0 amide bonds. The molecule has 0 aliphatic heterocycles. The Morgan fingerprint density at radius 2 is 2.40 bits per heavy atom. The fourth-order valence-corrected chi connectivity index (χ4v) is 2.54. The third-order valence-electron chi connectivity index (χ3n) is 2.87. The van der Waals surface area contributed by atoms with Crippen LogP contribution >= 0.6 is 11.3 Å². The molecule has 0 saturated carbocycles. The zero-order chi connectivity index (χ0) is 14.4. The van der Waals surface area contributed by atoms with Crippen molar-refractivity contribution in [3.63, 3.8) is 0 Å². The van der Waals surface area contributed by atoms with Crippen molar-refractivity contribution in [3.8, 4) is 0 Å². The molecule has 1 N–H and O–H groups in total. The van der Waals surface area contributed by atoms with E-state index in [0.717, 1.165) is 41.9 Å². The number of aryl methyl sites for hydroxylation is 1. The number of hydrogen-bond acceptors (Lipinski definition) is 4. The highest BCUT2D eigenvalue weighted by Gasteiger charge is 2.08. The first kappa shape index (κ1) is 14.6. The lowest BCUT2D eigenvalue weighted by Gasteiger charge is -2.21. The molecule has 2 heterocycles. The number of furan rings is 1. The van der Waals surface area contributed by atoms with Crippen molar-refractivity contribution < 1.29 is 4.42 Å². The molecule has 0 radical (unpaired) electrons. The molecule has 0 saturated heterocycles. The molecule has 0 aromatic carbocycles. The Bertz CT molecular complexity index is 547. The van der Waals surface area contributed by atoms with Gasteiger partial charge in [-0.05, 0) is 19.1 Å². The van der Waals surface area contributed by atoms with Crippen LogP contribution in [0.5, 0.6) is 0 Å². The topological polar surface area (TPSA) is 53.7 Å². The summed E-state index contributed by atoms with van der Waals surface area (Å²) < 4.78 is 5.31. The van der Waals surface area contributed by atoms with Gasteiger partial charge in [-0.15, -0.1) is 11.3 Å². The summed E-state index contributed by atoms with van der Waals surface area (Å²) in [5.41, 5.74) is 1.07. The molecule has 0 bridgehead atoms. The van der Waals surface area contributed by atoms with Crippen LogP contribution in [-0.2, 0) is 13.0 Å². The highest BCUT2D eigenvalue weighted by Crippen LogP contribution is 2.09. The minimum Gasteiger partial charge on any atom is -0.469 e. The lowest BCUT2D eigenvalue weighted by atomic mass is 10.3. The highest BCUT2D eigenvalue weighted by atomic mass is 32.1. The zero-order valence-electron chi connectivity index (χ0n) is 12.1. The van der Waals surface area contributed by atoms with E-state index in [-0.39, 0.29) is 0 Å². The van der Waals surface area contributed by atoms with Crippen LogP contribution in [0.2, 0.25) is 0 Å². The summed E-state index contributed by atoms with van der Waals surface area (Å²) in [6, 6.07) is 3.88. The lowest BCUT2D eigenvalue weighted by molar-refractivity contribution is 0.465. The normalized spacial score (nSPS) is 11.7. The van der Waals surface area contributed by atoms with Gasteiger partial charge < -0.3 is 14.6 Å². The molecule has 0 fully saturated rings. The van der Waals surface area contributed by atoms with E-state index < -0.39 is 0 Å². The van der Waals surface area contributed by atoms with Crippen molar-refractivity contribution in [2.24, 2.45) is 4.99 Å². The third kappa shape index (κ3) is 4.09. The third-order valence-corrected chi connectivity index (χ3v) is 3.70. The van der Waals surface area contributed by atoms with Gasteiger partial charge in [0.15, 0.2) is 5.96 Å². The fraction of sp³-hybridized carbons (Fsp3) is 0.429. The molecule has 20 heavy (non-hydrogen) atoms. The summed E-state index contributed by atoms with van der Waals surface area (Å²) in [6.07, 6.45) is 2.54. The Hall–Kier alpha value is -1.82. The van der Waals surface area contributed by atoms with Crippen LogP contribution < -0.4 is 5.32 Å². The molecule has 2 aromatic heterocycles. The van der Waals surface area contributed by atoms with Gasteiger partial charge in [0.25, 0.3) is 0 Å². The van der Waals surface area contributed by atoms with E-state index in [1.54, 1.807) is 24.6 Å². The fourth-order valence-electron chi connectivity index (χ4n) is 1.94. The Morgan fingerprint density at radius 1 is 1.55 bits per heavy atom. The van der Waals surface area contributed by atoms with Crippen LogP contribution in [0.1, 0.15) is 16.5 Å². The first-order chi connectivity index (χ1) is 9.69. The van der Waals surface area contributed by atoms with Gasteiger partial charge in [0.2, 0.25) is 0 Å². The maximum absolute atomic E-state index is 5.31. The summed E-state index contributed by atoms with van der Waals surface area (Å²) in [7, 11) is 3.80. The predicted molar refractivity (Wildman–Crippen MR) is 82.1 cm³/mol. The van der Waals surface area contributed by atoms with E-state index in [4.69, 9.17) is 4.42 Å². The monoisotopic (exact) mass is 292 g/mol. The predicted octanol–water partition coefficient (Wildman–Crippen LogP) is 2.29. The second kappa shape index (κ2) is 7.09. The minimum atomic E-state index is 0.755. The summed E-state index contributed by atoms with van der Waals surface area (Å²) in [5, 5.41) is 6.50. The van der Waals surface area contributed by atoms with E-state index in [1.807, 2.05) is 26.1 Å². The Labute approximate surface area is 123 Å². The number of guanidine groups is 1. The molecule has 2 aromatic rings. The van der Waals surface area contributed by atoms with Crippen LogP contribution in [-0.4, -0.2) is 36.5 Å². The van der Waals surface area contributed by atoms with Crippen LogP contribution in [0, 0.1) is 6.92 Å². The quantitative estimate of drug-likeness (QED) is 0.678. The van der Waals surface area contributed by atoms with Crippen molar-refractivity contribution in [1.82, 2.24) is 15.2 Å². The van der Waals surface area contributed by atoms with Crippen molar-refractivity contribution >= 4 is 17.3 Å². The van der Waals surface area contributed by atoms with Gasteiger partial charge in [-0.3, -0.25) is 4.99 Å². The van der Waals surface area contributed by atoms with Gasteiger partial charge in [-0.1, -0.05) is 0 Å². The maximum Gasteiger partial charge on any atom is 0.193 e. The van der Waals surface area contributed by atoms with Crippen LogP contribution in [0.15, 0.2) is 33.2 Å². The standard InChI is InChI=1S/C14H20N4OS/c1-11-17-12(10-20-11)9-18(3)14(15-2)16-7-6-13-5-4-8-19-13/h4-5,8,10H,6-7,9H2,1-3H3,(H,15,16). The molecule has 0 aliphatic carbocycles. The lowest BCUT2D eigenvalue weighted by Crippen LogP contribution is -2.39. The summed E-state index contributed by atoms with van der Waals surface area (Å²) in [6.45, 7) is 3.57. The van der Waals surface area contributed by atoms with Crippen LogP contribution in [0.3, 0.4) is 0 Å². The van der Waals surface area contributed by atoms with Gasteiger partial charge in [-0.25, -0.2) is 4.98 Å². The molecule has 5 nitrogen and oxygen atoms in total. The van der Waals surface area contributed by atoms with Crippen molar-refractivity contribution in [3.05, 3.63) is 40.2 Å². The average Bonchev–Trinajstić information content (AvgIpc) is 3.06. The molecule has 0 atom stereocenters. The smallest absolute Gasteiger partial charge is 0.193 e. The summed E-state index contributed by atoms with van der Waals surface area (Å²) >= 11 is 1.67. The van der Waals surface area contributed by atoms with Crippen LogP contribution in [0.25, 0.3) is 0 Å². The molecule has 0 aliphatic rings. The number of hydrogen-bond donors (Lipinski definition) is 1. The number of aliphatic imine (C=N–C) groups is 1. The van der Waals surface area contributed by atoms with Gasteiger partial charge in [0.1, 0.15) is 5.76 Å². The second-order valence-corrected chi connectivity index (χ2v) is 5.58. The maximum atomic E-state index is 5.31. The average molecular weight is 292 g/mol. The van der Waals surface area contributed by atoms with Gasteiger partial charge in [-0.2, -0.15) is 0 Å². The van der Waals surface area contributed by atoms with Crippen molar-refractivity contribution in [1.29, 1.82) is 0 Å². The van der Waals surface area contributed by atoms with E-state index in [2.05, 4.69) is 25.6 Å². The zero-order valence-corrected chi connectivity index (χ0v) is 12.9. The molecule has 0 unspecified atom stereocenters. The Kier molecular flexibility index (Phi) is 5.17. The molecule has 108 valence electrons. The Morgan fingerprint density at radius 3 is 3.00 bits per heavy atom. The van der Waals surface area contributed by atoms with Gasteiger partial charge in [0.05, 0.1) is 23.5 Å². The molecule has 6 heteroatoms. The summed E-state index contributed by atoms with van der Waals surface area (Å²) in [5.74, 6) is 1.84. The molecule has 2 rings (SSSR count). The molecule has 0 spiro atoms. The largest absolute Gasteiger partial charge is 0.469 e. The van der Waals surface area contributed by atoms with E-state index in [1.165, 1.54) is 0 Å². The number of nitrogens with zero attached hydrogens (tertiary/aromatic N) is 3. The van der Waals surface area contributed by atoms with E-state index in [9.17, 15) is 0 Å². The first-order valence-electron chi connectivity index (χ1n) is 6.54. The first-order valence-corrected chi connectivity index (χ1v) is 7.42. The SMILES string of the molecule is CN=C(NCCc1ccco1)N(C)Cc1csc(C)n1. The van der Waals surface area contributed by atoms with Gasteiger partial charge >= 0.3 is 0 Å².